The lowest BCUT2D eigenvalue weighted by molar-refractivity contribution is -0.145. The van der Waals surface area contributed by atoms with E-state index in [1.165, 1.54) is 12.7 Å². The molecule has 2 aromatic rings. The molecule has 2 atom stereocenters. The van der Waals surface area contributed by atoms with Crippen molar-refractivity contribution in [1.29, 1.82) is 0 Å². The van der Waals surface area contributed by atoms with E-state index in [1.807, 2.05) is 69.3 Å². The lowest BCUT2D eigenvalue weighted by atomic mass is 9.85. The standard InChI is InChI=1S/C26H35N3O3/c1-25(2,3)28-24(31)26(27-22(23(30)32-4)21-14-9-6-10-15-21)16-11-17-29(19-26)18-20-12-7-5-8-13-20/h5-10,12-15,22,27H,11,16-19H2,1-4H3,(H,28,31). The Labute approximate surface area is 191 Å². The summed E-state index contributed by atoms with van der Waals surface area (Å²) in [5.41, 5.74) is 0.672. The molecule has 1 aliphatic rings. The van der Waals surface area contributed by atoms with E-state index in [0.717, 1.165) is 25.1 Å². The molecule has 2 aromatic carbocycles. The molecule has 0 radical (unpaired) electrons. The number of nitrogens with zero attached hydrogens (tertiary/aromatic N) is 1. The number of piperidine rings is 1. The molecule has 3 rings (SSSR count). The third-order valence-corrected chi connectivity index (χ3v) is 5.73. The lowest BCUT2D eigenvalue weighted by Gasteiger charge is -2.45. The van der Waals surface area contributed by atoms with Crippen molar-refractivity contribution in [3.05, 3.63) is 71.8 Å². The highest BCUT2D eigenvalue weighted by Crippen LogP contribution is 2.28. The van der Waals surface area contributed by atoms with Crippen molar-refractivity contribution in [2.24, 2.45) is 0 Å². The van der Waals surface area contributed by atoms with Gasteiger partial charge in [0.1, 0.15) is 11.6 Å². The quantitative estimate of drug-likeness (QED) is 0.650. The Morgan fingerprint density at radius 3 is 2.28 bits per heavy atom. The second-order valence-corrected chi connectivity index (χ2v) is 9.60. The summed E-state index contributed by atoms with van der Waals surface area (Å²) < 4.78 is 5.11. The summed E-state index contributed by atoms with van der Waals surface area (Å²) in [6, 6.07) is 19.0. The SMILES string of the molecule is COC(=O)C(NC1(C(=O)NC(C)(C)C)CCCN(Cc2ccccc2)C1)c1ccccc1. The first-order valence-corrected chi connectivity index (χ1v) is 11.2. The van der Waals surface area contributed by atoms with Crippen molar-refractivity contribution in [2.75, 3.05) is 20.2 Å². The highest BCUT2D eigenvalue weighted by atomic mass is 16.5. The first-order valence-electron chi connectivity index (χ1n) is 11.2. The van der Waals surface area contributed by atoms with E-state index >= 15 is 0 Å². The zero-order chi connectivity index (χ0) is 23.2. The summed E-state index contributed by atoms with van der Waals surface area (Å²) in [6.45, 7) is 8.06. The van der Waals surface area contributed by atoms with Gasteiger partial charge in [0.05, 0.1) is 7.11 Å². The van der Waals surface area contributed by atoms with Crippen LogP contribution in [0.25, 0.3) is 0 Å². The number of likely N-dealkylation sites (tertiary alicyclic amines) is 1. The van der Waals surface area contributed by atoms with Gasteiger partial charge in [0, 0.05) is 18.6 Å². The van der Waals surface area contributed by atoms with E-state index in [9.17, 15) is 9.59 Å². The van der Waals surface area contributed by atoms with E-state index in [4.69, 9.17) is 4.74 Å². The van der Waals surface area contributed by atoms with Crippen LogP contribution in [0, 0.1) is 0 Å². The topological polar surface area (TPSA) is 70.7 Å². The second kappa shape index (κ2) is 10.3. The van der Waals surface area contributed by atoms with Crippen LogP contribution in [-0.4, -0.2) is 48.1 Å². The van der Waals surface area contributed by atoms with Crippen molar-refractivity contribution >= 4 is 11.9 Å². The second-order valence-electron chi connectivity index (χ2n) is 9.60. The molecular weight excluding hydrogens is 402 g/mol. The highest BCUT2D eigenvalue weighted by Gasteiger charge is 2.46. The highest BCUT2D eigenvalue weighted by molar-refractivity contribution is 5.89. The third-order valence-electron chi connectivity index (χ3n) is 5.73. The Morgan fingerprint density at radius 2 is 1.69 bits per heavy atom. The molecule has 1 aliphatic heterocycles. The fourth-order valence-electron chi connectivity index (χ4n) is 4.27. The van der Waals surface area contributed by atoms with Gasteiger partial charge in [0.25, 0.3) is 0 Å². The number of hydrogen-bond donors (Lipinski definition) is 2. The van der Waals surface area contributed by atoms with Crippen LogP contribution in [0.2, 0.25) is 0 Å². The zero-order valence-electron chi connectivity index (χ0n) is 19.6. The molecule has 2 unspecified atom stereocenters. The molecule has 1 fully saturated rings. The van der Waals surface area contributed by atoms with Gasteiger partial charge in [-0.05, 0) is 51.3 Å². The summed E-state index contributed by atoms with van der Waals surface area (Å²) in [5.74, 6) is -0.494. The maximum absolute atomic E-state index is 13.7. The van der Waals surface area contributed by atoms with E-state index < -0.39 is 17.6 Å². The lowest BCUT2D eigenvalue weighted by Crippen LogP contribution is -2.67. The Bertz CT molecular complexity index is 896. The van der Waals surface area contributed by atoms with Crippen molar-refractivity contribution in [2.45, 2.75) is 57.3 Å². The molecule has 32 heavy (non-hydrogen) atoms. The first-order chi connectivity index (χ1) is 15.2. The van der Waals surface area contributed by atoms with Crippen molar-refractivity contribution < 1.29 is 14.3 Å². The number of carbonyl (C=O) groups excluding carboxylic acids is 2. The molecule has 6 heteroatoms. The minimum absolute atomic E-state index is 0.0902. The Morgan fingerprint density at radius 1 is 1.06 bits per heavy atom. The van der Waals surface area contributed by atoms with E-state index in [0.29, 0.717) is 13.0 Å². The van der Waals surface area contributed by atoms with Crippen molar-refractivity contribution in [3.63, 3.8) is 0 Å². The molecular formula is C26H35N3O3. The van der Waals surface area contributed by atoms with Gasteiger partial charge in [0.15, 0.2) is 0 Å². The predicted molar refractivity (Wildman–Crippen MR) is 126 cm³/mol. The molecule has 2 N–H and O–H groups in total. The molecule has 6 nitrogen and oxygen atoms in total. The minimum Gasteiger partial charge on any atom is -0.468 e. The molecule has 0 aliphatic carbocycles. The van der Waals surface area contributed by atoms with Gasteiger partial charge in [-0.15, -0.1) is 0 Å². The average Bonchev–Trinajstić information content (AvgIpc) is 2.77. The van der Waals surface area contributed by atoms with Crippen molar-refractivity contribution in [1.82, 2.24) is 15.5 Å². The van der Waals surface area contributed by atoms with Gasteiger partial charge in [-0.3, -0.25) is 15.0 Å². The maximum atomic E-state index is 13.7. The van der Waals surface area contributed by atoms with Gasteiger partial charge < -0.3 is 10.1 Å². The van der Waals surface area contributed by atoms with Gasteiger partial charge in [-0.1, -0.05) is 60.7 Å². The number of esters is 1. The number of ether oxygens (including phenoxy) is 1. The monoisotopic (exact) mass is 437 g/mol. The minimum atomic E-state index is -0.922. The zero-order valence-corrected chi connectivity index (χ0v) is 19.6. The molecule has 1 saturated heterocycles. The number of hydrogen-bond acceptors (Lipinski definition) is 5. The summed E-state index contributed by atoms with van der Waals surface area (Å²) in [4.78, 5) is 28.7. The first kappa shape index (κ1) is 24.0. The van der Waals surface area contributed by atoms with Crippen LogP contribution < -0.4 is 10.6 Å². The van der Waals surface area contributed by atoms with Crippen LogP contribution in [0.1, 0.15) is 50.8 Å². The molecule has 0 saturated carbocycles. The molecule has 0 spiro atoms. The molecule has 1 heterocycles. The van der Waals surface area contributed by atoms with E-state index in [-0.39, 0.29) is 11.4 Å². The van der Waals surface area contributed by atoms with E-state index in [2.05, 4.69) is 27.7 Å². The molecule has 172 valence electrons. The van der Waals surface area contributed by atoms with Gasteiger partial charge >= 0.3 is 5.97 Å². The molecule has 0 aromatic heterocycles. The van der Waals surface area contributed by atoms with Crippen LogP contribution in [0.3, 0.4) is 0 Å². The fourth-order valence-corrected chi connectivity index (χ4v) is 4.27. The summed E-state index contributed by atoms with van der Waals surface area (Å²) in [5, 5.41) is 6.59. The third kappa shape index (κ3) is 6.17. The Hall–Kier alpha value is -2.70. The number of amides is 1. The normalized spacial score (nSPS) is 20.4. The van der Waals surface area contributed by atoms with Crippen LogP contribution in [0.4, 0.5) is 0 Å². The Kier molecular flexibility index (Phi) is 7.69. The van der Waals surface area contributed by atoms with Crippen LogP contribution >= 0.6 is 0 Å². The number of rotatable bonds is 7. The largest absolute Gasteiger partial charge is 0.468 e. The van der Waals surface area contributed by atoms with Crippen LogP contribution in [0.15, 0.2) is 60.7 Å². The number of benzene rings is 2. The molecule has 1 amide bonds. The van der Waals surface area contributed by atoms with Crippen molar-refractivity contribution in [3.8, 4) is 0 Å². The van der Waals surface area contributed by atoms with Crippen LogP contribution in [-0.2, 0) is 20.9 Å². The Balaban J connectivity index is 1.92. The van der Waals surface area contributed by atoms with Gasteiger partial charge in [-0.2, -0.15) is 0 Å². The summed E-state index contributed by atoms with van der Waals surface area (Å²) in [7, 11) is 1.38. The average molecular weight is 438 g/mol. The van der Waals surface area contributed by atoms with E-state index in [1.54, 1.807) is 0 Å². The number of carbonyl (C=O) groups is 2. The fraction of sp³-hybridized carbons (Fsp3) is 0.462. The summed E-state index contributed by atoms with van der Waals surface area (Å²) >= 11 is 0. The smallest absolute Gasteiger partial charge is 0.327 e. The van der Waals surface area contributed by atoms with Crippen LogP contribution in [0.5, 0.6) is 0 Å². The number of nitrogens with one attached hydrogen (secondary N) is 2. The van der Waals surface area contributed by atoms with Gasteiger partial charge in [-0.25, -0.2) is 4.79 Å². The predicted octanol–water partition coefficient (Wildman–Crippen LogP) is 3.44. The number of methoxy groups -OCH3 is 1. The molecule has 0 bridgehead atoms. The maximum Gasteiger partial charge on any atom is 0.327 e. The summed E-state index contributed by atoms with van der Waals surface area (Å²) in [6.07, 6.45) is 1.49. The van der Waals surface area contributed by atoms with Gasteiger partial charge in [0.2, 0.25) is 5.91 Å².